The Labute approximate surface area is 162 Å². The van der Waals surface area contributed by atoms with Crippen LogP contribution in [0.15, 0.2) is 64.6 Å². The molecule has 2 N–H and O–H groups in total. The maximum Gasteiger partial charge on any atom is 0.270 e. The van der Waals surface area contributed by atoms with Crippen LogP contribution in [0.2, 0.25) is 0 Å². The lowest BCUT2D eigenvalue weighted by atomic mass is 10.1. The number of nitrogens with one attached hydrogen (secondary N) is 2. The maximum absolute atomic E-state index is 12.5. The molecule has 0 radical (unpaired) electrons. The molecule has 10 heteroatoms. The number of hydrogen-bond acceptors (Lipinski definition) is 6. The molecule has 28 heavy (non-hydrogen) atoms. The number of amides is 1. The van der Waals surface area contributed by atoms with E-state index >= 15 is 0 Å². The summed E-state index contributed by atoms with van der Waals surface area (Å²) in [7, 11) is -3.88. The zero-order valence-corrected chi connectivity index (χ0v) is 16.1. The summed E-state index contributed by atoms with van der Waals surface area (Å²) in [5.74, 6) is -0.984. The fourth-order valence-corrected chi connectivity index (χ4v) is 3.65. The zero-order valence-electron chi connectivity index (χ0n) is 15.3. The summed E-state index contributed by atoms with van der Waals surface area (Å²) in [5.41, 5.74) is 2.58. The van der Waals surface area contributed by atoms with Crippen molar-refractivity contribution in [1.29, 1.82) is 0 Å². The number of hydrazone groups is 1. The lowest BCUT2D eigenvalue weighted by molar-refractivity contribution is -0.384. The first-order valence-corrected chi connectivity index (χ1v) is 9.84. The van der Waals surface area contributed by atoms with Crippen molar-refractivity contribution < 1.29 is 18.1 Å². The van der Waals surface area contributed by atoms with Crippen LogP contribution in [-0.4, -0.2) is 31.5 Å². The molecule has 0 bridgehead atoms. The number of benzene rings is 2. The standard InChI is InChI=1S/C18H20N4O5S/c1-13(2)17(21-28(26,27)16-9-4-3-5-10-16)18(23)20-19-12-14-7-6-8-15(11-14)22(24)25/h3-13,17,21H,1-2H3,(H,20,23)/b19-12-/t17-/m0/s1. The summed E-state index contributed by atoms with van der Waals surface area (Å²) in [6, 6.07) is 12.4. The molecule has 1 atom stereocenters. The molecule has 0 heterocycles. The van der Waals surface area contributed by atoms with Gasteiger partial charge in [0.1, 0.15) is 6.04 Å². The molecule has 1 amide bonds. The van der Waals surface area contributed by atoms with Crippen LogP contribution in [0.3, 0.4) is 0 Å². The smallest absolute Gasteiger partial charge is 0.270 e. The van der Waals surface area contributed by atoms with E-state index in [1.165, 1.54) is 36.5 Å². The summed E-state index contributed by atoms with van der Waals surface area (Å²) in [6.07, 6.45) is 1.24. The molecule has 0 saturated heterocycles. The van der Waals surface area contributed by atoms with Crippen LogP contribution in [0, 0.1) is 16.0 Å². The molecule has 0 spiro atoms. The highest BCUT2D eigenvalue weighted by Crippen LogP contribution is 2.12. The van der Waals surface area contributed by atoms with Gasteiger partial charge >= 0.3 is 0 Å². The van der Waals surface area contributed by atoms with Crippen molar-refractivity contribution in [1.82, 2.24) is 10.1 Å². The molecule has 0 saturated carbocycles. The highest BCUT2D eigenvalue weighted by molar-refractivity contribution is 7.89. The zero-order chi connectivity index (χ0) is 20.7. The molecule has 0 aliphatic carbocycles. The van der Waals surface area contributed by atoms with Gasteiger partial charge in [-0.1, -0.05) is 44.2 Å². The second-order valence-corrected chi connectivity index (χ2v) is 7.96. The molecule has 2 rings (SSSR count). The molecule has 9 nitrogen and oxygen atoms in total. The van der Waals surface area contributed by atoms with Gasteiger partial charge in [-0.05, 0) is 18.1 Å². The third-order valence-electron chi connectivity index (χ3n) is 3.75. The molecular weight excluding hydrogens is 384 g/mol. The van der Waals surface area contributed by atoms with Gasteiger partial charge in [-0.3, -0.25) is 14.9 Å². The largest absolute Gasteiger partial charge is 0.271 e. The average molecular weight is 404 g/mol. The summed E-state index contributed by atoms with van der Waals surface area (Å²) < 4.78 is 27.3. The van der Waals surface area contributed by atoms with E-state index in [0.717, 1.165) is 0 Å². The highest BCUT2D eigenvalue weighted by Gasteiger charge is 2.28. The van der Waals surface area contributed by atoms with Gasteiger partial charge in [-0.25, -0.2) is 13.8 Å². The normalized spacial score (nSPS) is 12.8. The SMILES string of the molecule is CC(C)[C@H](NS(=O)(=O)c1ccccc1)C(=O)N/N=C\c1cccc([N+](=O)[O-])c1. The number of nitro groups is 1. The van der Waals surface area contributed by atoms with Crippen LogP contribution in [0.4, 0.5) is 5.69 Å². The number of sulfonamides is 1. The minimum atomic E-state index is -3.88. The van der Waals surface area contributed by atoms with Gasteiger partial charge in [0.05, 0.1) is 16.0 Å². The first-order valence-electron chi connectivity index (χ1n) is 8.35. The number of hydrogen-bond donors (Lipinski definition) is 2. The second-order valence-electron chi connectivity index (χ2n) is 6.24. The van der Waals surface area contributed by atoms with E-state index in [9.17, 15) is 23.3 Å². The minimum Gasteiger partial charge on any atom is -0.271 e. The van der Waals surface area contributed by atoms with Crippen LogP contribution < -0.4 is 10.1 Å². The number of non-ortho nitro benzene ring substituents is 1. The van der Waals surface area contributed by atoms with E-state index in [0.29, 0.717) is 5.56 Å². The third kappa shape index (κ3) is 5.69. The van der Waals surface area contributed by atoms with Gasteiger partial charge in [0, 0.05) is 17.7 Å². The lowest BCUT2D eigenvalue weighted by Crippen LogP contribution is -2.48. The van der Waals surface area contributed by atoms with Crippen molar-refractivity contribution in [3.63, 3.8) is 0 Å². The predicted molar refractivity (Wildman–Crippen MR) is 104 cm³/mol. The lowest BCUT2D eigenvalue weighted by Gasteiger charge is -2.20. The Bertz CT molecular complexity index is 974. The van der Waals surface area contributed by atoms with E-state index in [2.05, 4.69) is 15.2 Å². The number of nitro benzene ring substituents is 1. The van der Waals surface area contributed by atoms with Crippen LogP contribution in [-0.2, 0) is 14.8 Å². The van der Waals surface area contributed by atoms with Crippen LogP contribution >= 0.6 is 0 Å². The third-order valence-corrected chi connectivity index (χ3v) is 5.21. The van der Waals surface area contributed by atoms with Crippen molar-refractivity contribution in [2.24, 2.45) is 11.0 Å². The van der Waals surface area contributed by atoms with E-state index in [4.69, 9.17) is 0 Å². The molecule has 0 unspecified atom stereocenters. The Morgan fingerprint density at radius 1 is 1.14 bits per heavy atom. The Balaban J connectivity index is 2.09. The van der Waals surface area contributed by atoms with Crippen molar-refractivity contribution in [2.45, 2.75) is 24.8 Å². The van der Waals surface area contributed by atoms with Gasteiger partial charge in [0.2, 0.25) is 10.0 Å². The first kappa shape index (κ1) is 21.2. The summed E-state index contributed by atoms with van der Waals surface area (Å²) in [6.45, 7) is 3.39. The average Bonchev–Trinajstić information content (AvgIpc) is 2.66. The molecule has 2 aromatic rings. The fraction of sp³-hybridized carbons (Fsp3) is 0.222. The van der Waals surface area contributed by atoms with Gasteiger partial charge in [0.25, 0.3) is 11.6 Å². The van der Waals surface area contributed by atoms with Crippen molar-refractivity contribution in [3.05, 3.63) is 70.3 Å². The summed E-state index contributed by atoms with van der Waals surface area (Å²) >= 11 is 0. The monoisotopic (exact) mass is 404 g/mol. The summed E-state index contributed by atoms with van der Waals surface area (Å²) in [5, 5.41) is 14.5. The first-order chi connectivity index (χ1) is 13.2. The van der Waals surface area contributed by atoms with Gasteiger partial charge < -0.3 is 0 Å². The van der Waals surface area contributed by atoms with E-state index in [-0.39, 0.29) is 16.5 Å². The molecular formula is C18H20N4O5S. The topological polar surface area (TPSA) is 131 Å². The van der Waals surface area contributed by atoms with Gasteiger partial charge in [-0.2, -0.15) is 9.82 Å². The van der Waals surface area contributed by atoms with Gasteiger partial charge in [-0.15, -0.1) is 0 Å². The number of carbonyl (C=O) groups excluding carboxylic acids is 1. The number of nitrogens with zero attached hydrogens (tertiary/aromatic N) is 2. The molecule has 0 aliphatic rings. The number of carbonyl (C=O) groups is 1. The van der Waals surface area contributed by atoms with Crippen LogP contribution in [0.5, 0.6) is 0 Å². The van der Waals surface area contributed by atoms with Crippen molar-refractivity contribution in [2.75, 3.05) is 0 Å². The maximum atomic E-state index is 12.5. The van der Waals surface area contributed by atoms with Crippen molar-refractivity contribution in [3.8, 4) is 0 Å². The Morgan fingerprint density at radius 3 is 2.43 bits per heavy atom. The molecule has 0 aromatic heterocycles. The van der Waals surface area contributed by atoms with Crippen molar-refractivity contribution >= 4 is 27.8 Å². The second kappa shape index (κ2) is 9.20. The van der Waals surface area contributed by atoms with E-state index < -0.39 is 26.9 Å². The van der Waals surface area contributed by atoms with Crippen LogP contribution in [0.1, 0.15) is 19.4 Å². The molecule has 148 valence electrons. The fourth-order valence-electron chi connectivity index (χ4n) is 2.29. The predicted octanol–water partition coefficient (Wildman–Crippen LogP) is 2.05. The minimum absolute atomic E-state index is 0.0496. The molecule has 0 aliphatic heterocycles. The van der Waals surface area contributed by atoms with Crippen LogP contribution in [0.25, 0.3) is 0 Å². The molecule has 0 fully saturated rings. The van der Waals surface area contributed by atoms with E-state index in [1.807, 2.05) is 0 Å². The molecule has 2 aromatic carbocycles. The number of rotatable bonds is 8. The van der Waals surface area contributed by atoms with E-state index in [1.54, 1.807) is 38.1 Å². The van der Waals surface area contributed by atoms with Gasteiger partial charge in [0.15, 0.2) is 0 Å². The Kier molecular flexibility index (Phi) is 6.96. The Morgan fingerprint density at radius 2 is 1.82 bits per heavy atom. The highest BCUT2D eigenvalue weighted by atomic mass is 32.2. The Hall–Kier alpha value is -3.11. The quantitative estimate of drug-likeness (QED) is 0.395. The summed E-state index contributed by atoms with van der Waals surface area (Å²) in [4.78, 5) is 22.7.